The molecule has 1 aliphatic heterocycles. The molecule has 3 rings (SSSR count). The predicted molar refractivity (Wildman–Crippen MR) is 142 cm³/mol. The summed E-state index contributed by atoms with van der Waals surface area (Å²) in [6.07, 6.45) is 9.39. The molecule has 0 N–H and O–H groups in total. The monoisotopic (exact) mass is 556 g/mol. The topological polar surface area (TPSA) is 93.2 Å². The van der Waals surface area contributed by atoms with Gasteiger partial charge in [0.05, 0.1) is 17.2 Å². The standard InChI is InChI=1S/C26H37FN2O6S2/c1-5-7-13-19-16-29(25(30)18-11-9-8-10-12-18)21-14-23(36-4)22(15-24(21)37(32,33)28(19)3)35-17-20(27)26(31)34-6-2/h14-15,17-19H,5-13,16H2,1-4H3/b20-17-/t19-/m1/s1. The fourth-order valence-corrected chi connectivity index (χ4v) is 6.93. The summed E-state index contributed by atoms with van der Waals surface area (Å²) in [6, 6.07) is 2.57. The summed E-state index contributed by atoms with van der Waals surface area (Å²) in [6.45, 7) is 3.87. The van der Waals surface area contributed by atoms with Crippen LogP contribution in [-0.4, -0.2) is 57.1 Å². The molecule has 0 unspecified atom stereocenters. The Morgan fingerprint density at radius 1 is 1.19 bits per heavy atom. The number of amides is 1. The van der Waals surface area contributed by atoms with Crippen LogP contribution in [0.15, 0.2) is 34.0 Å². The van der Waals surface area contributed by atoms with Crippen molar-refractivity contribution in [3.05, 3.63) is 24.2 Å². The number of unbranched alkanes of at least 4 members (excludes halogenated alkanes) is 1. The second kappa shape index (κ2) is 13.1. The molecule has 0 saturated heterocycles. The summed E-state index contributed by atoms with van der Waals surface area (Å²) < 4.78 is 53.1. The number of halogens is 1. The van der Waals surface area contributed by atoms with E-state index < -0.39 is 21.8 Å². The average Bonchev–Trinajstić information content (AvgIpc) is 2.98. The Labute approximate surface area is 223 Å². The van der Waals surface area contributed by atoms with E-state index in [4.69, 9.17) is 4.74 Å². The zero-order chi connectivity index (χ0) is 27.2. The summed E-state index contributed by atoms with van der Waals surface area (Å²) in [7, 11) is -2.46. The second-order valence-corrected chi connectivity index (χ2v) is 12.2. The van der Waals surface area contributed by atoms with Crippen molar-refractivity contribution in [3.8, 4) is 5.75 Å². The number of carbonyl (C=O) groups is 2. The molecule has 1 fully saturated rings. The molecule has 1 amide bonds. The maximum absolute atomic E-state index is 14.1. The minimum absolute atomic E-state index is 0.00361. The molecule has 1 saturated carbocycles. The number of ether oxygens (including phenoxy) is 2. The van der Waals surface area contributed by atoms with Crippen molar-refractivity contribution in [1.82, 2.24) is 4.31 Å². The molecule has 8 nitrogen and oxygen atoms in total. The van der Waals surface area contributed by atoms with Crippen molar-refractivity contribution < 1.29 is 31.9 Å². The van der Waals surface area contributed by atoms with Crippen molar-refractivity contribution in [3.63, 3.8) is 0 Å². The van der Waals surface area contributed by atoms with E-state index in [0.29, 0.717) is 23.3 Å². The SMILES string of the molecule is CCCC[C@@H]1CN(C(=O)C2CCCCC2)c2cc(SC)c(O/C=C(\F)C(=O)OCC)cc2S(=O)(=O)N1C. The number of hydrogen-bond donors (Lipinski definition) is 0. The van der Waals surface area contributed by atoms with Gasteiger partial charge in [-0.1, -0.05) is 39.0 Å². The van der Waals surface area contributed by atoms with Gasteiger partial charge in [0.15, 0.2) is 0 Å². The van der Waals surface area contributed by atoms with Gasteiger partial charge in [0, 0.05) is 31.6 Å². The van der Waals surface area contributed by atoms with Crippen LogP contribution in [-0.2, 0) is 24.3 Å². The average molecular weight is 557 g/mol. The molecule has 1 heterocycles. The molecule has 37 heavy (non-hydrogen) atoms. The minimum Gasteiger partial charge on any atom is -0.461 e. The van der Waals surface area contributed by atoms with Gasteiger partial charge in [0.2, 0.25) is 21.8 Å². The van der Waals surface area contributed by atoms with Gasteiger partial charge in [0.25, 0.3) is 0 Å². The van der Waals surface area contributed by atoms with Crippen LogP contribution in [0.3, 0.4) is 0 Å². The smallest absolute Gasteiger partial charge is 0.370 e. The highest BCUT2D eigenvalue weighted by Gasteiger charge is 2.40. The van der Waals surface area contributed by atoms with E-state index in [1.54, 1.807) is 24.1 Å². The number of likely N-dealkylation sites (N-methyl/N-ethyl adjacent to an activating group) is 1. The molecule has 11 heteroatoms. The Bertz CT molecular complexity index is 1120. The largest absolute Gasteiger partial charge is 0.461 e. The molecule has 2 aliphatic rings. The first-order valence-corrected chi connectivity index (χ1v) is 15.5. The number of anilines is 1. The quantitative estimate of drug-likeness (QED) is 0.177. The van der Waals surface area contributed by atoms with Crippen LogP contribution < -0.4 is 9.64 Å². The van der Waals surface area contributed by atoms with Gasteiger partial charge in [-0.25, -0.2) is 13.2 Å². The highest BCUT2D eigenvalue weighted by Crippen LogP contribution is 2.42. The molecular weight excluding hydrogens is 519 g/mol. The Balaban J connectivity index is 2.11. The van der Waals surface area contributed by atoms with Crippen LogP contribution >= 0.6 is 11.8 Å². The normalized spacial score (nSPS) is 20.7. The van der Waals surface area contributed by atoms with Gasteiger partial charge in [-0.05, 0) is 38.5 Å². The van der Waals surface area contributed by atoms with Crippen molar-refractivity contribution >= 4 is 39.3 Å². The first-order chi connectivity index (χ1) is 17.6. The number of fused-ring (bicyclic) bond motifs is 1. The third-order valence-electron chi connectivity index (χ3n) is 6.97. The zero-order valence-electron chi connectivity index (χ0n) is 22.0. The first kappa shape index (κ1) is 29.4. The zero-order valence-corrected chi connectivity index (χ0v) is 23.6. The van der Waals surface area contributed by atoms with Gasteiger partial charge in [-0.3, -0.25) is 4.79 Å². The van der Waals surface area contributed by atoms with Gasteiger partial charge < -0.3 is 14.4 Å². The van der Waals surface area contributed by atoms with Crippen LogP contribution in [0.4, 0.5) is 10.1 Å². The van der Waals surface area contributed by atoms with E-state index >= 15 is 0 Å². The van der Waals surface area contributed by atoms with E-state index in [0.717, 1.165) is 44.9 Å². The van der Waals surface area contributed by atoms with Gasteiger partial charge in [-0.15, -0.1) is 11.8 Å². The lowest BCUT2D eigenvalue weighted by atomic mass is 9.88. The molecule has 0 spiro atoms. The number of esters is 1. The van der Waals surface area contributed by atoms with E-state index in [1.807, 2.05) is 6.92 Å². The number of thioether (sulfide) groups is 1. The van der Waals surface area contributed by atoms with Gasteiger partial charge in [0.1, 0.15) is 16.9 Å². The molecule has 1 aromatic carbocycles. The number of carbonyl (C=O) groups excluding carboxylic acids is 2. The number of sulfonamides is 1. The number of hydrogen-bond acceptors (Lipinski definition) is 7. The summed E-state index contributed by atoms with van der Waals surface area (Å²) in [5, 5.41) is 0. The van der Waals surface area contributed by atoms with Crippen LogP contribution in [0.2, 0.25) is 0 Å². The minimum atomic E-state index is -4.00. The summed E-state index contributed by atoms with van der Waals surface area (Å²) in [5.41, 5.74) is 0.313. The van der Waals surface area contributed by atoms with E-state index in [1.165, 1.54) is 29.2 Å². The third kappa shape index (κ3) is 6.67. The van der Waals surface area contributed by atoms with Crippen molar-refractivity contribution in [2.45, 2.75) is 81.0 Å². The molecule has 1 aliphatic carbocycles. The third-order valence-corrected chi connectivity index (χ3v) is 9.67. The maximum atomic E-state index is 14.1. The fraction of sp³-hybridized carbons (Fsp3) is 0.615. The molecule has 0 radical (unpaired) electrons. The van der Waals surface area contributed by atoms with E-state index in [2.05, 4.69) is 4.74 Å². The van der Waals surface area contributed by atoms with Crippen LogP contribution in [0, 0.1) is 5.92 Å². The predicted octanol–water partition coefficient (Wildman–Crippen LogP) is 5.27. The lowest BCUT2D eigenvalue weighted by molar-refractivity contribution is -0.140. The van der Waals surface area contributed by atoms with Crippen molar-refractivity contribution in [2.75, 3.05) is 31.4 Å². The summed E-state index contributed by atoms with van der Waals surface area (Å²) >= 11 is 1.27. The molecule has 1 atom stereocenters. The Hall–Kier alpha value is -2.11. The summed E-state index contributed by atoms with van der Waals surface area (Å²) in [5.74, 6) is -2.53. The number of rotatable bonds is 9. The molecule has 206 valence electrons. The Morgan fingerprint density at radius 2 is 1.89 bits per heavy atom. The lowest BCUT2D eigenvalue weighted by Gasteiger charge is -2.32. The summed E-state index contributed by atoms with van der Waals surface area (Å²) in [4.78, 5) is 27.5. The Morgan fingerprint density at radius 3 is 2.51 bits per heavy atom. The van der Waals surface area contributed by atoms with Crippen molar-refractivity contribution in [1.29, 1.82) is 0 Å². The van der Waals surface area contributed by atoms with E-state index in [-0.39, 0.29) is 41.7 Å². The van der Waals surface area contributed by atoms with E-state index in [9.17, 15) is 22.4 Å². The molecule has 0 bridgehead atoms. The maximum Gasteiger partial charge on any atom is 0.370 e. The molecule has 1 aromatic rings. The molecule has 0 aromatic heterocycles. The van der Waals surface area contributed by atoms with Gasteiger partial charge >= 0.3 is 5.97 Å². The number of benzene rings is 1. The van der Waals surface area contributed by atoms with Crippen LogP contribution in [0.5, 0.6) is 5.75 Å². The number of nitrogens with zero attached hydrogens (tertiary/aromatic N) is 2. The van der Waals surface area contributed by atoms with Gasteiger partial charge in [-0.2, -0.15) is 8.70 Å². The molecular formula is C26H37FN2O6S2. The first-order valence-electron chi connectivity index (χ1n) is 12.9. The van der Waals surface area contributed by atoms with Crippen LogP contribution in [0.1, 0.15) is 65.2 Å². The lowest BCUT2D eigenvalue weighted by Crippen LogP contribution is -2.45. The Kier molecular flexibility index (Phi) is 10.4. The second-order valence-electron chi connectivity index (χ2n) is 9.38. The van der Waals surface area contributed by atoms with Crippen molar-refractivity contribution in [2.24, 2.45) is 5.92 Å². The van der Waals surface area contributed by atoms with Crippen LogP contribution in [0.25, 0.3) is 0 Å². The highest BCUT2D eigenvalue weighted by molar-refractivity contribution is 7.98. The highest BCUT2D eigenvalue weighted by atomic mass is 32.2. The fourth-order valence-electron chi connectivity index (χ4n) is 4.83.